The lowest BCUT2D eigenvalue weighted by atomic mass is 10.0. The van der Waals surface area contributed by atoms with E-state index in [0.29, 0.717) is 33.5 Å². The summed E-state index contributed by atoms with van der Waals surface area (Å²) in [7, 11) is 0. The number of oxazole rings is 1. The van der Waals surface area contributed by atoms with Crippen LogP contribution in [0.1, 0.15) is 0 Å². The van der Waals surface area contributed by atoms with Crippen molar-refractivity contribution >= 4 is 86.0 Å². The fraction of sp³-hybridized carbons (Fsp3) is 0. The molecule has 0 bridgehead atoms. The summed E-state index contributed by atoms with van der Waals surface area (Å²) in [6.07, 6.45) is 0. The third-order valence-electron chi connectivity index (χ3n) is 10.2. The predicted octanol–water partition coefficient (Wildman–Crippen LogP) is 10.8. The van der Waals surface area contributed by atoms with Gasteiger partial charge in [0.15, 0.2) is 5.58 Å². The number of aromatic nitrogens is 3. The molecule has 0 saturated carbocycles. The second-order valence-corrected chi connectivity index (χ2v) is 14.1. The second-order valence-electron chi connectivity index (χ2n) is 13.0. The van der Waals surface area contributed by atoms with Crippen molar-refractivity contribution in [3.8, 4) is 22.8 Å². The number of hydrogen-bond donors (Lipinski definition) is 0. The predicted molar refractivity (Wildman–Crippen MR) is 214 cm³/mol. The second kappa shape index (κ2) is 10.8. The molecule has 0 atom stereocenters. The number of benzene rings is 7. The highest BCUT2D eigenvalue weighted by atomic mass is 32.1. The molecule has 0 spiro atoms. The minimum atomic E-state index is -0.392. The Bertz CT molecular complexity index is 3390. The maximum atomic E-state index is 15.4. The Labute approximate surface area is 298 Å². The Morgan fingerprint density at radius 1 is 0.481 bits per heavy atom. The standard InChI is InChI=1S/C45H25N3O3S/c49-44-34-24-33-29-15-8-10-18-39(29)52-40(33)25-32(34)30-20-21-37-41(31-16-7-9-17-36(31)47(37)27-13-5-2-6-14-27)42(30)45(50)48(44)28-19-22-38-35(23-28)46-43(51-38)26-11-3-1-4-12-26/h1-25H. The van der Waals surface area contributed by atoms with Gasteiger partial charge in [-0.25, -0.2) is 9.55 Å². The molecule has 0 fully saturated rings. The molecule has 244 valence electrons. The van der Waals surface area contributed by atoms with Crippen molar-refractivity contribution in [2.24, 2.45) is 0 Å². The molecule has 0 saturated heterocycles. The Kier molecular flexibility index (Phi) is 6.03. The maximum Gasteiger partial charge on any atom is 0.266 e. The largest absolute Gasteiger partial charge is 0.436 e. The van der Waals surface area contributed by atoms with Crippen LogP contribution in [-0.4, -0.2) is 14.1 Å². The Morgan fingerprint density at radius 3 is 2.08 bits per heavy atom. The highest BCUT2D eigenvalue weighted by Gasteiger charge is 2.22. The van der Waals surface area contributed by atoms with Gasteiger partial charge < -0.3 is 8.98 Å². The molecule has 7 heteroatoms. The normalized spacial score (nSPS) is 12.0. The van der Waals surface area contributed by atoms with Crippen LogP contribution in [0, 0.1) is 0 Å². The summed E-state index contributed by atoms with van der Waals surface area (Å²) in [5.41, 5.74) is 4.46. The molecule has 0 aliphatic rings. The van der Waals surface area contributed by atoms with Crippen LogP contribution in [0.4, 0.5) is 0 Å². The van der Waals surface area contributed by atoms with E-state index in [1.807, 2.05) is 84.9 Å². The first-order valence-corrected chi connectivity index (χ1v) is 17.9. The number of nitrogens with zero attached hydrogens (tertiary/aromatic N) is 3. The van der Waals surface area contributed by atoms with Crippen molar-refractivity contribution in [2.45, 2.75) is 0 Å². The number of thiophene rings is 1. The Morgan fingerprint density at radius 2 is 1.23 bits per heavy atom. The summed E-state index contributed by atoms with van der Waals surface area (Å²) < 4.78 is 11.8. The monoisotopic (exact) mass is 687 g/mol. The van der Waals surface area contributed by atoms with Crippen LogP contribution in [0.2, 0.25) is 0 Å². The molecule has 11 rings (SSSR count). The summed E-state index contributed by atoms with van der Waals surface area (Å²) >= 11 is 1.69. The van der Waals surface area contributed by atoms with Gasteiger partial charge in [0, 0.05) is 47.6 Å². The van der Waals surface area contributed by atoms with Gasteiger partial charge >= 0.3 is 0 Å². The highest BCUT2D eigenvalue weighted by molar-refractivity contribution is 7.25. The van der Waals surface area contributed by atoms with E-state index in [4.69, 9.17) is 9.40 Å². The lowest BCUT2D eigenvalue weighted by Crippen LogP contribution is -2.28. The van der Waals surface area contributed by atoms with Crippen LogP contribution in [0.5, 0.6) is 0 Å². The Balaban J connectivity index is 1.33. The van der Waals surface area contributed by atoms with E-state index in [1.165, 1.54) is 4.57 Å². The number of fused-ring (bicyclic) bond motifs is 11. The van der Waals surface area contributed by atoms with Crippen molar-refractivity contribution in [1.82, 2.24) is 14.1 Å². The van der Waals surface area contributed by atoms with Crippen LogP contribution >= 0.6 is 11.3 Å². The third kappa shape index (κ3) is 4.08. The minimum absolute atomic E-state index is 0.389. The van der Waals surface area contributed by atoms with Gasteiger partial charge in [-0.15, -0.1) is 11.3 Å². The summed E-state index contributed by atoms with van der Waals surface area (Å²) in [5.74, 6) is 0.471. The molecular weight excluding hydrogens is 663 g/mol. The quantitative estimate of drug-likeness (QED) is 0.185. The van der Waals surface area contributed by atoms with E-state index in [2.05, 4.69) is 53.1 Å². The van der Waals surface area contributed by atoms with Gasteiger partial charge in [0.05, 0.1) is 22.1 Å². The molecule has 7 aromatic carbocycles. The van der Waals surface area contributed by atoms with Crippen molar-refractivity contribution in [2.75, 3.05) is 0 Å². The number of hydrogen-bond acceptors (Lipinski definition) is 5. The van der Waals surface area contributed by atoms with Gasteiger partial charge in [0.25, 0.3) is 11.1 Å². The maximum absolute atomic E-state index is 15.4. The molecule has 0 aliphatic carbocycles. The van der Waals surface area contributed by atoms with Gasteiger partial charge in [-0.1, -0.05) is 78.9 Å². The van der Waals surface area contributed by atoms with Gasteiger partial charge in [-0.3, -0.25) is 9.59 Å². The molecular formula is C45H25N3O3S. The summed E-state index contributed by atoms with van der Waals surface area (Å²) in [4.78, 5) is 35.2. The molecule has 0 aliphatic heterocycles. The first-order valence-electron chi connectivity index (χ1n) is 17.0. The molecule has 0 radical (unpaired) electrons. The fourth-order valence-corrected chi connectivity index (χ4v) is 8.98. The van der Waals surface area contributed by atoms with Gasteiger partial charge in [0.1, 0.15) is 5.52 Å². The first kappa shape index (κ1) is 29.0. The lowest BCUT2D eigenvalue weighted by molar-refractivity contribution is 0.620. The average Bonchev–Trinajstić information content (AvgIpc) is 3.87. The van der Waals surface area contributed by atoms with Crippen molar-refractivity contribution in [1.29, 1.82) is 0 Å². The molecule has 4 aromatic heterocycles. The number of para-hydroxylation sites is 2. The van der Waals surface area contributed by atoms with E-state index >= 15 is 9.59 Å². The summed E-state index contributed by atoms with van der Waals surface area (Å²) in [6.45, 7) is 0. The van der Waals surface area contributed by atoms with Crippen LogP contribution in [0.15, 0.2) is 166 Å². The fourth-order valence-electron chi connectivity index (χ4n) is 7.85. The first-order chi connectivity index (χ1) is 25.6. The zero-order chi connectivity index (χ0) is 34.5. The molecule has 0 N–H and O–H groups in total. The smallest absolute Gasteiger partial charge is 0.266 e. The van der Waals surface area contributed by atoms with E-state index in [-0.39, 0.29) is 5.56 Å². The van der Waals surface area contributed by atoms with Crippen LogP contribution in [-0.2, 0) is 0 Å². The van der Waals surface area contributed by atoms with Crippen LogP contribution in [0.3, 0.4) is 0 Å². The van der Waals surface area contributed by atoms with Gasteiger partial charge in [0.2, 0.25) is 5.89 Å². The molecule has 11 aromatic rings. The van der Waals surface area contributed by atoms with E-state index in [9.17, 15) is 0 Å². The van der Waals surface area contributed by atoms with E-state index < -0.39 is 5.56 Å². The number of rotatable bonds is 3. The van der Waals surface area contributed by atoms with Crippen LogP contribution in [0.25, 0.3) is 97.5 Å². The summed E-state index contributed by atoms with van der Waals surface area (Å²) in [5, 5.41) is 6.24. The Hall–Kier alpha value is -6.83. The van der Waals surface area contributed by atoms with Crippen LogP contribution < -0.4 is 11.1 Å². The molecule has 52 heavy (non-hydrogen) atoms. The molecule has 6 nitrogen and oxygen atoms in total. The van der Waals surface area contributed by atoms with Crippen molar-refractivity contribution in [3.63, 3.8) is 0 Å². The SMILES string of the molecule is O=c1c2cc3c(cc2c2ccc4c(c5ccccc5n4-c4ccccc4)c2c(=O)n1-c1ccc2oc(-c4ccccc4)nc2c1)sc1ccccc13. The molecule has 4 heterocycles. The van der Waals surface area contributed by atoms with E-state index in [0.717, 1.165) is 64.0 Å². The zero-order valence-electron chi connectivity index (χ0n) is 27.4. The third-order valence-corrected chi connectivity index (χ3v) is 11.3. The lowest BCUT2D eigenvalue weighted by Gasteiger charge is -2.07. The topological polar surface area (TPSA) is 70.0 Å². The van der Waals surface area contributed by atoms with Gasteiger partial charge in [-0.05, 0) is 83.6 Å². The highest BCUT2D eigenvalue weighted by Crippen LogP contribution is 2.40. The van der Waals surface area contributed by atoms with Crippen molar-refractivity contribution < 1.29 is 4.42 Å². The molecule has 0 amide bonds. The van der Waals surface area contributed by atoms with E-state index in [1.54, 1.807) is 29.5 Å². The van der Waals surface area contributed by atoms with Gasteiger partial charge in [-0.2, -0.15) is 0 Å². The average molecular weight is 688 g/mol. The zero-order valence-corrected chi connectivity index (χ0v) is 28.2. The minimum Gasteiger partial charge on any atom is -0.436 e. The van der Waals surface area contributed by atoms with Crippen molar-refractivity contribution in [3.05, 3.63) is 172 Å². The molecule has 0 unspecified atom stereocenters. The summed E-state index contributed by atoms with van der Waals surface area (Å²) in [6, 6.07) is 49.7.